The van der Waals surface area contributed by atoms with Crippen molar-refractivity contribution in [3.63, 3.8) is 0 Å². The van der Waals surface area contributed by atoms with Gasteiger partial charge in [-0.3, -0.25) is 4.72 Å². The molecule has 0 aromatic heterocycles. The van der Waals surface area contributed by atoms with Gasteiger partial charge < -0.3 is 14.4 Å². The zero-order valence-corrected chi connectivity index (χ0v) is 18.4. The first-order valence-corrected chi connectivity index (χ1v) is 11.9. The van der Waals surface area contributed by atoms with Crippen molar-refractivity contribution in [3.05, 3.63) is 72.3 Å². The number of amidine groups is 1. The number of aliphatic imine (C=N–C) groups is 1. The number of benzene rings is 3. The Morgan fingerprint density at radius 2 is 1.78 bits per heavy atom. The molecular formula is C24H23N3O4S. The van der Waals surface area contributed by atoms with Gasteiger partial charge in [0.2, 0.25) is 0 Å². The molecule has 2 aliphatic rings. The lowest BCUT2D eigenvalue weighted by Gasteiger charge is -2.21. The number of anilines is 1. The topological polar surface area (TPSA) is 80.2 Å². The van der Waals surface area contributed by atoms with Crippen molar-refractivity contribution in [2.75, 3.05) is 24.9 Å². The predicted octanol–water partition coefficient (Wildman–Crippen LogP) is 4.78. The van der Waals surface area contributed by atoms with Gasteiger partial charge in [0.1, 0.15) is 23.0 Å². The number of ether oxygens (including phenoxy) is 2. The van der Waals surface area contributed by atoms with Crippen LogP contribution in [0.15, 0.2) is 76.6 Å². The van der Waals surface area contributed by atoms with Crippen molar-refractivity contribution in [2.45, 2.75) is 17.7 Å². The molecule has 1 fully saturated rings. The fourth-order valence-corrected chi connectivity index (χ4v) is 5.02. The van der Waals surface area contributed by atoms with Crippen molar-refractivity contribution in [1.29, 1.82) is 0 Å². The lowest BCUT2D eigenvalue weighted by molar-refractivity contribution is 0.413. The molecule has 2 aliphatic heterocycles. The summed E-state index contributed by atoms with van der Waals surface area (Å²) in [5.41, 5.74) is 1.95. The highest BCUT2D eigenvalue weighted by atomic mass is 32.2. The molecule has 0 spiro atoms. The van der Waals surface area contributed by atoms with Gasteiger partial charge in [0.05, 0.1) is 17.6 Å². The van der Waals surface area contributed by atoms with Gasteiger partial charge in [-0.05, 0) is 55.3 Å². The molecule has 3 aromatic carbocycles. The quantitative estimate of drug-likeness (QED) is 0.620. The minimum Gasteiger partial charge on any atom is -0.497 e. The number of hydrogen-bond donors (Lipinski definition) is 1. The predicted molar refractivity (Wildman–Crippen MR) is 124 cm³/mol. The van der Waals surface area contributed by atoms with Crippen molar-refractivity contribution < 1.29 is 17.9 Å². The van der Waals surface area contributed by atoms with E-state index in [0.717, 1.165) is 43.0 Å². The third kappa shape index (κ3) is 3.89. The number of sulfonamides is 1. The number of methoxy groups -OCH3 is 1. The van der Waals surface area contributed by atoms with E-state index in [0.29, 0.717) is 22.9 Å². The summed E-state index contributed by atoms with van der Waals surface area (Å²) >= 11 is 0. The molecule has 7 nitrogen and oxygen atoms in total. The summed E-state index contributed by atoms with van der Waals surface area (Å²) in [6.07, 6.45) is 2.19. The molecule has 1 N–H and O–H groups in total. The normalized spacial score (nSPS) is 15.2. The van der Waals surface area contributed by atoms with Crippen LogP contribution in [0.3, 0.4) is 0 Å². The van der Waals surface area contributed by atoms with E-state index >= 15 is 0 Å². The van der Waals surface area contributed by atoms with Crippen molar-refractivity contribution in [3.8, 4) is 17.2 Å². The third-order valence-corrected chi connectivity index (χ3v) is 6.92. The average molecular weight is 450 g/mol. The second-order valence-electron chi connectivity index (χ2n) is 7.69. The minimum atomic E-state index is -3.80. The second kappa shape index (κ2) is 8.20. The third-order valence-electron chi connectivity index (χ3n) is 5.54. The van der Waals surface area contributed by atoms with Gasteiger partial charge in [-0.1, -0.05) is 18.2 Å². The van der Waals surface area contributed by atoms with Crippen LogP contribution in [-0.2, 0) is 10.0 Å². The monoisotopic (exact) mass is 449 g/mol. The van der Waals surface area contributed by atoms with E-state index in [4.69, 9.17) is 14.5 Å². The molecule has 0 unspecified atom stereocenters. The van der Waals surface area contributed by atoms with Crippen LogP contribution in [-0.4, -0.2) is 39.4 Å². The van der Waals surface area contributed by atoms with Crippen LogP contribution in [0.5, 0.6) is 17.2 Å². The standard InChI is InChI=1S/C24H23N3O4S/c1-30-18-7-6-8-19(16-18)32(28,29)26-17-11-12-22-20(15-17)24(27-13-4-5-14-27)25-21-9-2-3-10-23(21)31-22/h2-3,6-12,15-16,26H,4-5,13-14H2,1H3. The first-order chi connectivity index (χ1) is 15.5. The van der Waals surface area contributed by atoms with E-state index < -0.39 is 10.0 Å². The number of fused-ring (bicyclic) bond motifs is 2. The van der Waals surface area contributed by atoms with E-state index in [2.05, 4.69) is 9.62 Å². The smallest absolute Gasteiger partial charge is 0.262 e. The SMILES string of the molecule is COc1cccc(S(=O)(=O)Nc2ccc3c(c2)C(N2CCCC2)=Nc2ccccc2O3)c1. The molecule has 0 bridgehead atoms. The zero-order chi connectivity index (χ0) is 22.1. The van der Waals surface area contributed by atoms with Gasteiger partial charge in [0.25, 0.3) is 10.0 Å². The molecule has 2 heterocycles. The maximum atomic E-state index is 13.0. The summed E-state index contributed by atoms with van der Waals surface area (Å²) in [5, 5.41) is 0. The van der Waals surface area contributed by atoms with E-state index in [-0.39, 0.29) is 4.90 Å². The molecule has 164 valence electrons. The van der Waals surface area contributed by atoms with E-state index in [1.807, 2.05) is 24.3 Å². The lowest BCUT2D eigenvalue weighted by atomic mass is 10.1. The Morgan fingerprint density at radius 1 is 0.969 bits per heavy atom. The summed E-state index contributed by atoms with van der Waals surface area (Å²) in [6, 6.07) is 19.3. The summed E-state index contributed by atoms with van der Waals surface area (Å²) in [4.78, 5) is 7.26. The molecule has 0 radical (unpaired) electrons. The lowest BCUT2D eigenvalue weighted by Crippen LogP contribution is -2.28. The molecular weight excluding hydrogens is 426 g/mol. The maximum absolute atomic E-state index is 13.0. The number of rotatable bonds is 4. The molecule has 32 heavy (non-hydrogen) atoms. The molecule has 3 aromatic rings. The van der Waals surface area contributed by atoms with Gasteiger partial charge in [-0.25, -0.2) is 13.4 Å². The molecule has 0 saturated carbocycles. The van der Waals surface area contributed by atoms with E-state index in [9.17, 15) is 8.42 Å². The maximum Gasteiger partial charge on any atom is 0.262 e. The Morgan fingerprint density at radius 3 is 2.59 bits per heavy atom. The first kappa shape index (κ1) is 20.4. The van der Waals surface area contributed by atoms with Gasteiger partial charge in [0.15, 0.2) is 5.75 Å². The molecule has 0 aliphatic carbocycles. The largest absolute Gasteiger partial charge is 0.497 e. The number of nitrogens with zero attached hydrogens (tertiary/aromatic N) is 2. The van der Waals surface area contributed by atoms with Crippen molar-refractivity contribution in [2.24, 2.45) is 4.99 Å². The van der Waals surface area contributed by atoms with Gasteiger partial charge >= 0.3 is 0 Å². The number of para-hydroxylation sites is 2. The van der Waals surface area contributed by atoms with Gasteiger partial charge in [-0.2, -0.15) is 0 Å². The summed E-state index contributed by atoms with van der Waals surface area (Å²) in [5.74, 6) is 2.59. The first-order valence-electron chi connectivity index (χ1n) is 10.5. The Labute approximate surface area is 187 Å². The Balaban J connectivity index is 1.55. The van der Waals surface area contributed by atoms with Gasteiger partial charge in [-0.15, -0.1) is 0 Å². The van der Waals surface area contributed by atoms with Crippen LogP contribution < -0.4 is 14.2 Å². The Hall–Kier alpha value is -3.52. The highest BCUT2D eigenvalue weighted by molar-refractivity contribution is 7.92. The highest BCUT2D eigenvalue weighted by Gasteiger charge is 2.26. The van der Waals surface area contributed by atoms with E-state index in [1.54, 1.807) is 30.3 Å². The zero-order valence-electron chi connectivity index (χ0n) is 17.6. The van der Waals surface area contributed by atoms with Crippen LogP contribution in [0.1, 0.15) is 18.4 Å². The van der Waals surface area contributed by atoms with Crippen LogP contribution in [0.4, 0.5) is 11.4 Å². The van der Waals surface area contributed by atoms with Crippen molar-refractivity contribution in [1.82, 2.24) is 4.90 Å². The number of nitrogens with one attached hydrogen (secondary N) is 1. The molecule has 8 heteroatoms. The van der Waals surface area contributed by atoms with Gasteiger partial charge in [0, 0.05) is 24.8 Å². The number of hydrogen-bond acceptors (Lipinski definition) is 6. The fraction of sp³-hybridized carbons (Fsp3) is 0.208. The molecule has 5 rings (SSSR count). The molecule has 1 saturated heterocycles. The van der Waals surface area contributed by atoms with E-state index in [1.165, 1.54) is 19.2 Å². The van der Waals surface area contributed by atoms with Crippen LogP contribution in [0.2, 0.25) is 0 Å². The summed E-state index contributed by atoms with van der Waals surface area (Å²) in [6.45, 7) is 1.81. The molecule has 0 atom stereocenters. The number of likely N-dealkylation sites (tertiary alicyclic amines) is 1. The average Bonchev–Trinajstić information content (AvgIpc) is 3.28. The van der Waals surface area contributed by atoms with Crippen LogP contribution in [0.25, 0.3) is 0 Å². The minimum absolute atomic E-state index is 0.129. The van der Waals surface area contributed by atoms with Crippen LogP contribution in [0, 0.1) is 0 Å². The summed E-state index contributed by atoms with van der Waals surface area (Å²) in [7, 11) is -2.29. The Kier molecular flexibility index (Phi) is 5.22. The summed E-state index contributed by atoms with van der Waals surface area (Å²) < 4.78 is 40.0. The fourth-order valence-electron chi connectivity index (χ4n) is 3.94. The Bertz CT molecular complexity index is 1300. The highest BCUT2D eigenvalue weighted by Crippen LogP contribution is 2.39. The molecule has 0 amide bonds. The second-order valence-corrected chi connectivity index (χ2v) is 9.38. The van der Waals surface area contributed by atoms with Crippen LogP contribution >= 0.6 is 0 Å². The van der Waals surface area contributed by atoms with Crippen molar-refractivity contribution >= 4 is 27.2 Å².